The Bertz CT molecular complexity index is 431. The average molecular weight is 297 g/mol. The smallest absolute Gasteiger partial charge is 0.0587 e. The van der Waals surface area contributed by atoms with Crippen LogP contribution in [0.3, 0.4) is 0 Å². The summed E-state index contributed by atoms with van der Waals surface area (Å²) in [5.74, 6) is 0. The lowest BCUT2D eigenvalue weighted by molar-refractivity contribution is 0.255. The van der Waals surface area contributed by atoms with Gasteiger partial charge < -0.3 is 15.3 Å². The fourth-order valence-corrected chi connectivity index (χ4v) is 2.74. The molecule has 0 bridgehead atoms. The van der Waals surface area contributed by atoms with E-state index in [2.05, 4.69) is 50.5 Å². The van der Waals surface area contributed by atoms with Gasteiger partial charge in [0.1, 0.15) is 0 Å². The van der Waals surface area contributed by atoms with Gasteiger partial charge in [0.15, 0.2) is 0 Å². The molecular weight excluding hydrogens is 280 g/mol. The van der Waals surface area contributed by atoms with E-state index in [4.69, 9.17) is 5.11 Å². The van der Waals surface area contributed by atoms with E-state index >= 15 is 0 Å². The molecule has 0 fully saturated rings. The number of fused-ring (bicyclic) bond motifs is 1. The summed E-state index contributed by atoms with van der Waals surface area (Å²) in [5.41, 5.74) is 3.68. The summed E-state index contributed by atoms with van der Waals surface area (Å²) in [7, 11) is 1.94. The molecule has 0 saturated heterocycles. The van der Waals surface area contributed by atoms with Gasteiger partial charge in [-0.05, 0) is 18.1 Å². The number of hydrogen-bond donors (Lipinski definition) is 2. The monoisotopic (exact) mass is 296 g/mol. The van der Waals surface area contributed by atoms with Crippen LogP contribution in [-0.2, 0) is 6.54 Å². The lowest BCUT2D eigenvalue weighted by atomic mass is 10.0. The van der Waals surface area contributed by atoms with Gasteiger partial charge in [-0.3, -0.25) is 0 Å². The molecule has 3 nitrogen and oxygen atoms in total. The lowest BCUT2D eigenvalue weighted by Gasteiger charge is -2.29. The van der Waals surface area contributed by atoms with Gasteiger partial charge in [-0.15, -0.1) is 0 Å². The topological polar surface area (TPSA) is 35.5 Å². The number of rotatable bonds is 4. The Morgan fingerprint density at radius 2 is 2.29 bits per heavy atom. The molecular formula is C13H17BrN2O. The first kappa shape index (κ1) is 12.5. The van der Waals surface area contributed by atoms with Crippen LogP contribution in [0.1, 0.15) is 17.5 Å². The quantitative estimate of drug-likeness (QED) is 0.894. The van der Waals surface area contributed by atoms with Gasteiger partial charge in [0.25, 0.3) is 0 Å². The van der Waals surface area contributed by atoms with Crippen molar-refractivity contribution in [1.29, 1.82) is 0 Å². The van der Waals surface area contributed by atoms with Crippen molar-refractivity contribution in [2.75, 3.05) is 20.2 Å². The van der Waals surface area contributed by atoms with Gasteiger partial charge >= 0.3 is 0 Å². The van der Waals surface area contributed by atoms with Crippen LogP contribution in [-0.4, -0.2) is 30.2 Å². The van der Waals surface area contributed by atoms with Crippen LogP contribution in [0.2, 0.25) is 0 Å². The minimum atomic E-state index is 0.241. The normalized spacial score (nSPS) is 14.3. The number of aliphatic hydroxyl groups is 1. The van der Waals surface area contributed by atoms with Crippen molar-refractivity contribution in [2.45, 2.75) is 13.0 Å². The van der Waals surface area contributed by atoms with E-state index in [-0.39, 0.29) is 6.61 Å². The number of aliphatic hydroxyl groups excluding tert-OH is 1. The molecule has 1 aromatic rings. The Hall–Kier alpha value is -1.00. The third-order valence-corrected chi connectivity index (χ3v) is 3.59. The van der Waals surface area contributed by atoms with Crippen molar-refractivity contribution in [3.63, 3.8) is 0 Å². The molecule has 0 atom stereocenters. The highest BCUT2D eigenvalue weighted by Crippen LogP contribution is 2.31. The van der Waals surface area contributed by atoms with Crippen molar-refractivity contribution in [3.8, 4) is 0 Å². The molecule has 1 heterocycles. The number of nitrogens with zero attached hydrogens (tertiary/aromatic N) is 1. The zero-order valence-electron chi connectivity index (χ0n) is 9.91. The molecule has 1 aliphatic rings. The maximum Gasteiger partial charge on any atom is 0.0587 e. The summed E-state index contributed by atoms with van der Waals surface area (Å²) in [5, 5.41) is 12.1. The fourth-order valence-electron chi connectivity index (χ4n) is 2.12. The highest BCUT2D eigenvalue weighted by atomic mass is 79.9. The van der Waals surface area contributed by atoms with Crippen molar-refractivity contribution < 1.29 is 5.11 Å². The fraction of sp³-hybridized carbons (Fsp3) is 0.385. The zero-order chi connectivity index (χ0) is 12.3. The number of nitrogens with one attached hydrogen (secondary N) is 1. The highest BCUT2D eigenvalue weighted by Gasteiger charge is 2.18. The second-order valence-electron chi connectivity index (χ2n) is 4.11. The average Bonchev–Trinajstić information content (AvgIpc) is 2.35. The molecule has 4 heteroatoms. The maximum atomic E-state index is 8.89. The predicted molar refractivity (Wildman–Crippen MR) is 73.3 cm³/mol. The summed E-state index contributed by atoms with van der Waals surface area (Å²) in [6, 6.07) is 6.27. The van der Waals surface area contributed by atoms with Crippen LogP contribution < -0.4 is 5.32 Å². The minimum absolute atomic E-state index is 0.241. The van der Waals surface area contributed by atoms with E-state index in [1.54, 1.807) is 0 Å². The van der Waals surface area contributed by atoms with Crippen molar-refractivity contribution >= 4 is 21.6 Å². The van der Waals surface area contributed by atoms with E-state index < -0.39 is 0 Å². The van der Waals surface area contributed by atoms with E-state index in [1.165, 1.54) is 11.1 Å². The Morgan fingerprint density at radius 1 is 1.47 bits per heavy atom. The second-order valence-corrected chi connectivity index (χ2v) is 4.97. The summed E-state index contributed by atoms with van der Waals surface area (Å²) in [4.78, 5) is 2.23. The van der Waals surface area contributed by atoms with Crippen LogP contribution in [0, 0.1) is 0 Å². The van der Waals surface area contributed by atoms with Gasteiger partial charge in [0.05, 0.1) is 5.70 Å². The van der Waals surface area contributed by atoms with Crippen LogP contribution in [0.15, 0.2) is 28.9 Å². The van der Waals surface area contributed by atoms with Crippen LogP contribution in [0.25, 0.3) is 5.70 Å². The molecule has 0 aromatic heterocycles. The molecule has 1 aromatic carbocycles. The molecule has 2 N–H and O–H groups in total. The first-order valence-corrected chi connectivity index (χ1v) is 6.58. The van der Waals surface area contributed by atoms with Crippen LogP contribution in [0.5, 0.6) is 0 Å². The number of halogens is 1. The molecule has 0 radical (unpaired) electrons. The maximum absolute atomic E-state index is 8.89. The predicted octanol–water partition coefficient (Wildman–Crippen LogP) is 2.16. The van der Waals surface area contributed by atoms with Crippen LogP contribution in [0.4, 0.5) is 0 Å². The van der Waals surface area contributed by atoms with E-state index in [0.29, 0.717) is 0 Å². The summed E-state index contributed by atoms with van der Waals surface area (Å²) >= 11 is 3.60. The molecule has 0 saturated carbocycles. The SMILES string of the molecule is CNC1=CN(CCCO)Cc2cccc(Br)c21. The molecule has 0 unspecified atom stereocenters. The molecule has 17 heavy (non-hydrogen) atoms. The Balaban J connectivity index is 2.29. The summed E-state index contributed by atoms with van der Waals surface area (Å²) < 4.78 is 1.12. The number of benzene rings is 1. The first-order chi connectivity index (χ1) is 8.26. The molecule has 0 aliphatic carbocycles. The minimum Gasteiger partial charge on any atom is -0.396 e. The van der Waals surface area contributed by atoms with Gasteiger partial charge in [0, 0.05) is 43.0 Å². The summed E-state index contributed by atoms with van der Waals surface area (Å²) in [6.07, 6.45) is 2.93. The first-order valence-electron chi connectivity index (χ1n) is 5.78. The van der Waals surface area contributed by atoms with Crippen molar-refractivity contribution in [1.82, 2.24) is 10.2 Å². The Morgan fingerprint density at radius 3 is 3.00 bits per heavy atom. The highest BCUT2D eigenvalue weighted by molar-refractivity contribution is 9.10. The van der Waals surface area contributed by atoms with Gasteiger partial charge in [-0.25, -0.2) is 0 Å². The largest absolute Gasteiger partial charge is 0.396 e. The van der Waals surface area contributed by atoms with E-state index in [0.717, 1.165) is 29.7 Å². The molecule has 0 amide bonds. The van der Waals surface area contributed by atoms with Gasteiger partial charge in [-0.1, -0.05) is 28.1 Å². The third kappa shape index (κ3) is 2.64. The second kappa shape index (κ2) is 5.56. The summed E-state index contributed by atoms with van der Waals surface area (Å²) in [6.45, 7) is 2.03. The number of hydrogen-bond acceptors (Lipinski definition) is 3. The Kier molecular flexibility index (Phi) is 4.07. The molecule has 1 aliphatic heterocycles. The van der Waals surface area contributed by atoms with Gasteiger partial charge in [0.2, 0.25) is 0 Å². The van der Waals surface area contributed by atoms with E-state index in [1.807, 2.05) is 7.05 Å². The van der Waals surface area contributed by atoms with Gasteiger partial charge in [-0.2, -0.15) is 0 Å². The zero-order valence-corrected chi connectivity index (χ0v) is 11.5. The molecule has 2 rings (SSSR count). The lowest BCUT2D eigenvalue weighted by Crippen LogP contribution is -2.26. The third-order valence-electron chi connectivity index (χ3n) is 2.93. The standard InChI is InChI=1S/C13H17BrN2O/c1-15-12-9-16(6-3-7-17)8-10-4-2-5-11(14)13(10)12/h2,4-5,9,15,17H,3,6-8H2,1H3. The van der Waals surface area contributed by atoms with Crippen LogP contribution >= 0.6 is 15.9 Å². The van der Waals surface area contributed by atoms with Crippen molar-refractivity contribution in [2.24, 2.45) is 0 Å². The Labute approximate surface area is 110 Å². The molecule has 92 valence electrons. The van der Waals surface area contributed by atoms with E-state index in [9.17, 15) is 0 Å². The van der Waals surface area contributed by atoms with Crippen molar-refractivity contribution in [3.05, 3.63) is 40.0 Å². The molecule has 0 spiro atoms.